The third-order valence-electron chi connectivity index (χ3n) is 4.97. The van der Waals surface area contributed by atoms with E-state index in [2.05, 4.69) is 5.32 Å². The average Bonchev–Trinajstić information content (AvgIpc) is 3.01. The van der Waals surface area contributed by atoms with Crippen LogP contribution in [0.1, 0.15) is 11.1 Å². The Labute approximate surface area is 189 Å². The van der Waals surface area contributed by atoms with Gasteiger partial charge in [-0.15, -0.1) is 0 Å². The van der Waals surface area contributed by atoms with Crippen molar-refractivity contribution >= 4 is 52.0 Å². The Balaban J connectivity index is 1.82. The van der Waals surface area contributed by atoms with Crippen molar-refractivity contribution in [2.24, 2.45) is 0 Å². The molecule has 3 aromatic carbocycles. The first kappa shape index (κ1) is 21.0. The number of halogens is 2. The molecule has 4 rings (SSSR count). The van der Waals surface area contributed by atoms with E-state index in [0.717, 1.165) is 10.5 Å². The first-order chi connectivity index (χ1) is 14.9. The van der Waals surface area contributed by atoms with E-state index >= 15 is 0 Å². The fourth-order valence-corrected chi connectivity index (χ4v) is 3.64. The molecule has 0 aromatic heterocycles. The third kappa shape index (κ3) is 4.02. The van der Waals surface area contributed by atoms with Crippen molar-refractivity contribution in [2.75, 3.05) is 17.3 Å². The van der Waals surface area contributed by atoms with Crippen molar-refractivity contribution in [1.82, 2.24) is 0 Å². The molecule has 0 spiro atoms. The zero-order valence-corrected chi connectivity index (χ0v) is 18.3. The predicted octanol–water partition coefficient (Wildman–Crippen LogP) is 5.71. The number of nitrogens with one attached hydrogen (secondary N) is 1. The molecule has 0 fully saturated rings. The van der Waals surface area contributed by atoms with Gasteiger partial charge in [0.25, 0.3) is 11.8 Å². The van der Waals surface area contributed by atoms with Gasteiger partial charge in [0.05, 0.1) is 18.4 Å². The summed E-state index contributed by atoms with van der Waals surface area (Å²) in [6, 6.07) is 18.9. The highest BCUT2D eigenvalue weighted by Gasteiger charge is 2.40. The quantitative estimate of drug-likeness (QED) is 0.503. The smallest absolute Gasteiger partial charge is 0.282 e. The number of imide groups is 1. The highest BCUT2D eigenvalue weighted by atomic mass is 35.5. The second-order valence-corrected chi connectivity index (χ2v) is 7.84. The predicted molar refractivity (Wildman–Crippen MR) is 124 cm³/mol. The van der Waals surface area contributed by atoms with Crippen LogP contribution in [0.3, 0.4) is 0 Å². The summed E-state index contributed by atoms with van der Waals surface area (Å²) in [4.78, 5) is 28.0. The number of hydrogen-bond donors (Lipinski definition) is 1. The van der Waals surface area contributed by atoms with Crippen LogP contribution < -0.4 is 15.0 Å². The summed E-state index contributed by atoms with van der Waals surface area (Å²) < 4.78 is 5.25. The summed E-state index contributed by atoms with van der Waals surface area (Å²) in [6.45, 7) is 1.89. The highest BCUT2D eigenvalue weighted by molar-refractivity contribution is 6.46. The Bertz CT molecular complexity index is 1220. The molecule has 0 bridgehead atoms. The Morgan fingerprint density at radius 2 is 1.65 bits per heavy atom. The Morgan fingerprint density at radius 3 is 2.32 bits per heavy atom. The minimum absolute atomic E-state index is 0.162. The van der Waals surface area contributed by atoms with Gasteiger partial charge in [0.15, 0.2) is 0 Å². The lowest BCUT2D eigenvalue weighted by Crippen LogP contribution is -2.32. The molecule has 31 heavy (non-hydrogen) atoms. The van der Waals surface area contributed by atoms with Gasteiger partial charge in [0.1, 0.15) is 11.4 Å². The van der Waals surface area contributed by atoms with E-state index in [-0.39, 0.29) is 11.3 Å². The first-order valence-corrected chi connectivity index (χ1v) is 10.2. The Kier molecular flexibility index (Phi) is 5.72. The number of rotatable bonds is 5. The van der Waals surface area contributed by atoms with Crippen molar-refractivity contribution < 1.29 is 14.3 Å². The van der Waals surface area contributed by atoms with Gasteiger partial charge >= 0.3 is 0 Å². The molecule has 0 unspecified atom stereocenters. The maximum Gasteiger partial charge on any atom is 0.282 e. The van der Waals surface area contributed by atoms with Gasteiger partial charge in [-0.1, -0.05) is 47.5 Å². The van der Waals surface area contributed by atoms with Crippen LogP contribution in [0.2, 0.25) is 10.0 Å². The van der Waals surface area contributed by atoms with Gasteiger partial charge in [0.2, 0.25) is 0 Å². The molecule has 0 saturated carbocycles. The minimum atomic E-state index is -0.472. The van der Waals surface area contributed by atoms with Gasteiger partial charge in [-0.05, 0) is 54.4 Å². The molecule has 0 radical (unpaired) electrons. The van der Waals surface area contributed by atoms with Gasteiger partial charge in [-0.2, -0.15) is 0 Å². The van der Waals surface area contributed by atoms with E-state index < -0.39 is 11.8 Å². The molecular formula is C24H18Cl2N2O3. The normalized spacial score (nSPS) is 13.7. The van der Waals surface area contributed by atoms with Crippen molar-refractivity contribution in [3.63, 3.8) is 0 Å². The second-order valence-electron chi connectivity index (χ2n) is 6.99. The van der Waals surface area contributed by atoms with E-state index in [4.69, 9.17) is 27.9 Å². The SMILES string of the molecule is COc1cccc(N2C(=O)C(Nc3ccc(C)c(Cl)c3)=C(c3ccc(Cl)cc3)C2=O)c1. The number of carbonyl (C=O) groups is 2. The van der Waals surface area contributed by atoms with Crippen LogP contribution in [0.25, 0.3) is 5.57 Å². The van der Waals surface area contributed by atoms with Crippen molar-refractivity contribution in [3.05, 3.63) is 93.6 Å². The standard InChI is InChI=1S/C24H18Cl2N2O3/c1-14-6-11-17(12-20(14)26)27-22-21(15-7-9-16(25)10-8-15)23(29)28(24(22)30)18-4-3-5-19(13-18)31-2/h3-13,27H,1-2H3. The Morgan fingerprint density at radius 1 is 0.903 bits per heavy atom. The highest BCUT2D eigenvalue weighted by Crippen LogP contribution is 2.35. The van der Waals surface area contributed by atoms with E-state index in [1.165, 1.54) is 7.11 Å². The number of anilines is 2. The van der Waals surface area contributed by atoms with Crippen LogP contribution in [-0.4, -0.2) is 18.9 Å². The van der Waals surface area contributed by atoms with Gasteiger partial charge in [0, 0.05) is 21.8 Å². The molecule has 1 N–H and O–H groups in total. The summed E-state index contributed by atoms with van der Waals surface area (Å²) in [5, 5.41) is 4.19. The van der Waals surface area contributed by atoms with Crippen LogP contribution in [0, 0.1) is 6.92 Å². The monoisotopic (exact) mass is 452 g/mol. The topological polar surface area (TPSA) is 58.6 Å². The molecule has 1 heterocycles. The van der Waals surface area contributed by atoms with E-state index in [1.54, 1.807) is 60.7 Å². The minimum Gasteiger partial charge on any atom is -0.497 e. The number of ether oxygens (including phenoxy) is 1. The van der Waals surface area contributed by atoms with Crippen LogP contribution in [-0.2, 0) is 9.59 Å². The summed E-state index contributed by atoms with van der Waals surface area (Å²) in [5.41, 5.74) is 2.92. The third-order valence-corrected chi connectivity index (χ3v) is 5.63. The van der Waals surface area contributed by atoms with Gasteiger partial charge < -0.3 is 10.1 Å². The lowest BCUT2D eigenvalue weighted by molar-refractivity contribution is -0.120. The molecule has 3 aromatic rings. The molecule has 7 heteroatoms. The molecule has 0 atom stereocenters. The van der Waals surface area contributed by atoms with Crippen LogP contribution >= 0.6 is 23.2 Å². The lowest BCUT2D eigenvalue weighted by atomic mass is 10.0. The molecule has 5 nitrogen and oxygen atoms in total. The Hall–Kier alpha value is -3.28. The lowest BCUT2D eigenvalue weighted by Gasteiger charge is -2.16. The number of amides is 2. The number of benzene rings is 3. The average molecular weight is 453 g/mol. The van der Waals surface area contributed by atoms with Crippen LogP contribution in [0.4, 0.5) is 11.4 Å². The number of nitrogens with zero attached hydrogens (tertiary/aromatic N) is 1. The molecule has 0 aliphatic carbocycles. The van der Waals surface area contributed by atoms with Crippen molar-refractivity contribution in [3.8, 4) is 5.75 Å². The first-order valence-electron chi connectivity index (χ1n) is 9.45. The van der Waals surface area contributed by atoms with E-state index in [9.17, 15) is 9.59 Å². The maximum absolute atomic E-state index is 13.4. The zero-order valence-electron chi connectivity index (χ0n) is 16.8. The maximum atomic E-state index is 13.4. The molecule has 0 saturated heterocycles. The molecule has 1 aliphatic heterocycles. The number of hydrogen-bond acceptors (Lipinski definition) is 4. The second kappa shape index (κ2) is 8.46. The zero-order chi connectivity index (χ0) is 22.1. The fourth-order valence-electron chi connectivity index (χ4n) is 3.33. The van der Waals surface area contributed by atoms with Crippen molar-refractivity contribution in [2.45, 2.75) is 6.92 Å². The number of carbonyl (C=O) groups excluding carboxylic acids is 2. The fraction of sp³-hybridized carbons (Fsp3) is 0.0833. The summed E-state index contributed by atoms with van der Waals surface area (Å²) in [7, 11) is 1.53. The summed E-state index contributed by atoms with van der Waals surface area (Å²) in [6.07, 6.45) is 0. The van der Waals surface area contributed by atoms with Crippen LogP contribution in [0.15, 0.2) is 72.4 Å². The molecular weight excluding hydrogens is 435 g/mol. The van der Waals surface area contributed by atoms with E-state index in [0.29, 0.717) is 32.7 Å². The van der Waals surface area contributed by atoms with Gasteiger partial charge in [-0.25, -0.2) is 4.90 Å². The molecule has 2 amide bonds. The largest absolute Gasteiger partial charge is 0.497 e. The van der Waals surface area contributed by atoms with Gasteiger partial charge in [-0.3, -0.25) is 9.59 Å². The number of methoxy groups -OCH3 is 1. The van der Waals surface area contributed by atoms with Crippen LogP contribution in [0.5, 0.6) is 5.75 Å². The van der Waals surface area contributed by atoms with Crippen molar-refractivity contribution in [1.29, 1.82) is 0 Å². The summed E-state index contributed by atoms with van der Waals surface area (Å²) in [5.74, 6) is -0.376. The summed E-state index contributed by atoms with van der Waals surface area (Å²) >= 11 is 12.3. The number of aryl methyl sites for hydroxylation is 1. The molecule has 1 aliphatic rings. The van der Waals surface area contributed by atoms with E-state index in [1.807, 2.05) is 13.0 Å². The molecule has 156 valence electrons.